The first kappa shape index (κ1) is 30.1. The first-order valence-corrected chi connectivity index (χ1v) is 14.8. The van der Waals surface area contributed by atoms with Gasteiger partial charge >= 0.3 is 0 Å². The third-order valence-corrected chi connectivity index (χ3v) is 8.60. The number of nitrogens with one attached hydrogen (secondary N) is 1. The minimum Gasteiger partial charge on any atom is -0.496 e. The van der Waals surface area contributed by atoms with E-state index in [0.29, 0.717) is 30.3 Å². The maximum atomic E-state index is 13.7. The Hall–Kier alpha value is -2.46. The van der Waals surface area contributed by atoms with E-state index in [4.69, 9.17) is 22.1 Å². The van der Waals surface area contributed by atoms with Crippen LogP contribution in [-0.4, -0.2) is 57.3 Å². The van der Waals surface area contributed by atoms with Crippen LogP contribution in [0.25, 0.3) is 11.1 Å². The number of aliphatic hydroxyl groups is 1. The predicted octanol–water partition coefficient (Wildman–Crippen LogP) is 4.68. The van der Waals surface area contributed by atoms with Crippen LogP contribution in [0.5, 0.6) is 5.75 Å². The van der Waals surface area contributed by atoms with E-state index in [1.54, 1.807) is 37.4 Å². The standard InChI is InChI=1S/C29H38ClN3O4S/c1-37-28-13-7-4-10-24(28)18-21-33(22-29(34)32-20-9-3-2-8-19-31)38(35,36)25-16-14-23(15-17-25)26-11-5-6-12-27(26)30/h4-7,10-17,29,32,34H,2-3,8-9,18-22,31H2,1H3. The summed E-state index contributed by atoms with van der Waals surface area (Å²) < 4.78 is 34.2. The number of para-hydroxylation sites is 1. The van der Waals surface area contributed by atoms with E-state index in [1.165, 1.54) is 4.31 Å². The number of benzene rings is 3. The number of ether oxygens (including phenoxy) is 1. The Bertz CT molecular complexity index is 1240. The SMILES string of the molecule is COc1ccccc1CCN(CC(O)NCCCCCCN)S(=O)(=O)c1ccc(-c2ccccc2Cl)cc1. The van der Waals surface area contributed by atoms with Gasteiger partial charge in [0.15, 0.2) is 0 Å². The number of hydrogen-bond donors (Lipinski definition) is 3. The van der Waals surface area contributed by atoms with Gasteiger partial charge in [-0.15, -0.1) is 0 Å². The molecule has 9 heteroatoms. The number of methoxy groups -OCH3 is 1. The second-order valence-corrected chi connectivity index (χ2v) is 11.4. The zero-order valence-corrected chi connectivity index (χ0v) is 23.4. The van der Waals surface area contributed by atoms with Crippen LogP contribution in [0.4, 0.5) is 0 Å². The predicted molar refractivity (Wildman–Crippen MR) is 154 cm³/mol. The minimum atomic E-state index is -3.89. The largest absolute Gasteiger partial charge is 0.496 e. The van der Waals surface area contributed by atoms with Gasteiger partial charge in [0.1, 0.15) is 12.0 Å². The van der Waals surface area contributed by atoms with Crippen molar-refractivity contribution in [3.8, 4) is 16.9 Å². The second-order valence-electron chi connectivity index (χ2n) is 9.10. The maximum Gasteiger partial charge on any atom is 0.243 e. The highest BCUT2D eigenvalue weighted by atomic mass is 35.5. The van der Waals surface area contributed by atoms with Crippen LogP contribution < -0.4 is 15.8 Å². The molecule has 1 unspecified atom stereocenters. The molecule has 0 aliphatic heterocycles. The normalized spacial score (nSPS) is 12.6. The van der Waals surface area contributed by atoms with Crippen LogP contribution in [0.2, 0.25) is 5.02 Å². The first-order valence-electron chi connectivity index (χ1n) is 13.0. The number of halogens is 1. The monoisotopic (exact) mass is 559 g/mol. The van der Waals surface area contributed by atoms with Gasteiger partial charge in [-0.05, 0) is 67.7 Å². The zero-order chi connectivity index (χ0) is 27.4. The Morgan fingerprint density at radius 3 is 2.37 bits per heavy atom. The summed E-state index contributed by atoms with van der Waals surface area (Å²) in [5.41, 5.74) is 8.09. The fourth-order valence-corrected chi connectivity index (χ4v) is 5.96. The van der Waals surface area contributed by atoms with Crippen molar-refractivity contribution < 1.29 is 18.3 Å². The van der Waals surface area contributed by atoms with Crippen LogP contribution in [0.15, 0.2) is 77.7 Å². The molecule has 0 amide bonds. The van der Waals surface area contributed by atoms with Crippen molar-refractivity contribution in [2.45, 2.75) is 43.2 Å². The Morgan fingerprint density at radius 2 is 1.66 bits per heavy atom. The number of sulfonamides is 1. The summed E-state index contributed by atoms with van der Waals surface area (Å²) in [5.74, 6) is 0.699. The van der Waals surface area contributed by atoms with Gasteiger partial charge in [0.2, 0.25) is 10.0 Å². The number of hydrogen-bond acceptors (Lipinski definition) is 6. The molecule has 4 N–H and O–H groups in total. The highest BCUT2D eigenvalue weighted by Gasteiger charge is 2.27. The Labute approximate surface area is 231 Å². The summed E-state index contributed by atoms with van der Waals surface area (Å²) in [7, 11) is -2.30. The van der Waals surface area contributed by atoms with Gasteiger partial charge < -0.3 is 15.6 Å². The van der Waals surface area contributed by atoms with Gasteiger partial charge in [-0.1, -0.05) is 73.0 Å². The topological polar surface area (TPSA) is 105 Å². The molecule has 0 saturated carbocycles. The van der Waals surface area contributed by atoms with E-state index in [1.807, 2.05) is 42.5 Å². The average Bonchev–Trinajstić information content (AvgIpc) is 2.93. The van der Waals surface area contributed by atoms with Crippen molar-refractivity contribution in [2.75, 3.05) is 33.3 Å². The highest BCUT2D eigenvalue weighted by Crippen LogP contribution is 2.29. The first-order chi connectivity index (χ1) is 18.4. The smallest absolute Gasteiger partial charge is 0.243 e. The van der Waals surface area contributed by atoms with Gasteiger partial charge in [0.25, 0.3) is 0 Å². The summed E-state index contributed by atoms with van der Waals surface area (Å²) >= 11 is 6.32. The average molecular weight is 560 g/mol. The third kappa shape index (κ3) is 8.53. The molecule has 3 aromatic carbocycles. The summed E-state index contributed by atoms with van der Waals surface area (Å²) in [4.78, 5) is 0.155. The number of rotatable bonds is 16. The van der Waals surface area contributed by atoms with E-state index < -0.39 is 16.3 Å². The van der Waals surface area contributed by atoms with E-state index in [-0.39, 0.29) is 18.0 Å². The highest BCUT2D eigenvalue weighted by molar-refractivity contribution is 7.89. The summed E-state index contributed by atoms with van der Waals surface area (Å²) in [6.45, 7) is 1.38. The molecule has 0 heterocycles. The van der Waals surface area contributed by atoms with Crippen LogP contribution in [-0.2, 0) is 16.4 Å². The molecule has 206 valence electrons. The lowest BCUT2D eigenvalue weighted by Gasteiger charge is -2.26. The van der Waals surface area contributed by atoms with Crippen molar-refractivity contribution in [1.29, 1.82) is 0 Å². The molecule has 0 spiro atoms. The lowest BCUT2D eigenvalue weighted by Crippen LogP contribution is -2.44. The van der Waals surface area contributed by atoms with E-state index >= 15 is 0 Å². The number of aliphatic hydroxyl groups excluding tert-OH is 1. The van der Waals surface area contributed by atoms with Crippen molar-refractivity contribution in [1.82, 2.24) is 9.62 Å². The molecule has 0 radical (unpaired) electrons. The van der Waals surface area contributed by atoms with Gasteiger partial charge in [-0.2, -0.15) is 4.31 Å². The molecule has 0 fully saturated rings. The molecule has 0 saturated heterocycles. The number of unbranched alkanes of at least 4 members (excludes halogenated alkanes) is 3. The molecular formula is C29H38ClN3O4S. The van der Waals surface area contributed by atoms with Crippen molar-refractivity contribution in [2.24, 2.45) is 5.73 Å². The molecule has 0 aromatic heterocycles. The van der Waals surface area contributed by atoms with E-state index in [2.05, 4.69) is 5.32 Å². The van der Waals surface area contributed by atoms with Gasteiger partial charge in [-0.25, -0.2) is 8.42 Å². The van der Waals surface area contributed by atoms with E-state index in [9.17, 15) is 13.5 Å². The molecule has 0 aliphatic rings. The quantitative estimate of drug-likeness (QED) is 0.174. The molecule has 38 heavy (non-hydrogen) atoms. The Kier molecular flexibility index (Phi) is 12.0. The maximum absolute atomic E-state index is 13.7. The van der Waals surface area contributed by atoms with Crippen molar-refractivity contribution in [3.05, 3.63) is 83.4 Å². The van der Waals surface area contributed by atoms with Gasteiger partial charge in [0, 0.05) is 17.1 Å². The van der Waals surface area contributed by atoms with E-state index in [0.717, 1.165) is 42.4 Å². The Morgan fingerprint density at radius 1 is 0.974 bits per heavy atom. The lowest BCUT2D eigenvalue weighted by molar-refractivity contribution is 0.112. The zero-order valence-electron chi connectivity index (χ0n) is 21.9. The molecule has 7 nitrogen and oxygen atoms in total. The molecule has 3 rings (SSSR count). The summed E-state index contributed by atoms with van der Waals surface area (Å²) in [6, 6.07) is 21.6. The lowest BCUT2D eigenvalue weighted by atomic mass is 10.1. The fourth-order valence-electron chi connectivity index (χ4n) is 4.26. The van der Waals surface area contributed by atoms with Crippen LogP contribution in [0.3, 0.4) is 0 Å². The molecule has 0 bridgehead atoms. The molecular weight excluding hydrogens is 522 g/mol. The van der Waals surface area contributed by atoms with Crippen molar-refractivity contribution >= 4 is 21.6 Å². The molecule has 3 aromatic rings. The van der Waals surface area contributed by atoms with Crippen LogP contribution >= 0.6 is 11.6 Å². The molecule has 0 aliphatic carbocycles. The summed E-state index contributed by atoms with van der Waals surface area (Å²) in [5, 5.41) is 14.3. The van der Waals surface area contributed by atoms with Crippen LogP contribution in [0, 0.1) is 0 Å². The van der Waals surface area contributed by atoms with Crippen molar-refractivity contribution in [3.63, 3.8) is 0 Å². The second kappa shape index (κ2) is 15.2. The van der Waals surface area contributed by atoms with Gasteiger partial charge in [0.05, 0.1) is 18.6 Å². The third-order valence-electron chi connectivity index (χ3n) is 6.39. The van der Waals surface area contributed by atoms with Crippen LogP contribution in [0.1, 0.15) is 31.2 Å². The number of nitrogens with two attached hydrogens (primary N) is 1. The summed E-state index contributed by atoms with van der Waals surface area (Å²) in [6.07, 6.45) is 3.34. The molecule has 1 atom stereocenters. The van der Waals surface area contributed by atoms with Gasteiger partial charge in [-0.3, -0.25) is 5.32 Å². The minimum absolute atomic E-state index is 0.0768. The fraction of sp³-hybridized carbons (Fsp3) is 0.379. The number of nitrogens with zero attached hydrogens (tertiary/aromatic N) is 1. The Balaban J connectivity index is 1.76.